The van der Waals surface area contributed by atoms with Crippen LogP contribution in [0.3, 0.4) is 0 Å². The number of aliphatic carboxylic acids is 1. The second-order valence-corrected chi connectivity index (χ2v) is 6.21. The third kappa shape index (κ3) is 6.86. The van der Waals surface area contributed by atoms with Crippen LogP contribution in [0.4, 0.5) is 8.78 Å². The molecule has 0 aliphatic carbocycles. The summed E-state index contributed by atoms with van der Waals surface area (Å²) in [7, 11) is 0. The van der Waals surface area contributed by atoms with E-state index >= 15 is 0 Å². The van der Waals surface area contributed by atoms with Crippen LogP contribution in [0.25, 0.3) is 0 Å². The number of hydrogen-bond donors (Lipinski definition) is 3. The summed E-state index contributed by atoms with van der Waals surface area (Å²) in [5, 5.41) is 13.9. The summed E-state index contributed by atoms with van der Waals surface area (Å²) in [5.74, 6) is -3.97. The molecule has 0 spiro atoms. The summed E-state index contributed by atoms with van der Waals surface area (Å²) < 4.78 is 27.0. The number of carbonyl (C=O) groups is 3. The molecule has 25 heavy (non-hydrogen) atoms. The first-order valence-corrected chi connectivity index (χ1v) is 7.84. The third-order valence-corrected chi connectivity index (χ3v) is 3.45. The molecule has 0 aliphatic heterocycles. The highest BCUT2D eigenvalue weighted by Gasteiger charge is 2.25. The van der Waals surface area contributed by atoms with Gasteiger partial charge in [-0.05, 0) is 18.4 Å². The lowest BCUT2D eigenvalue weighted by Gasteiger charge is -2.21. The van der Waals surface area contributed by atoms with E-state index < -0.39 is 41.5 Å². The third-order valence-electron chi connectivity index (χ3n) is 3.45. The molecule has 1 aromatic rings. The molecule has 3 N–H and O–H groups in total. The number of halogens is 2. The van der Waals surface area contributed by atoms with Crippen LogP contribution in [-0.2, 0) is 14.4 Å². The Bertz CT molecular complexity index is 650. The van der Waals surface area contributed by atoms with Crippen LogP contribution in [0.15, 0.2) is 18.2 Å². The van der Waals surface area contributed by atoms with Crippen molar-refractivity contribution in [1.82, 2.24) is 10.6 Å². The van der Waals surface area contributed by atoms with Crippen molar-refractivity contribution in [1.29, 1.82) is 0 Å². The molecule has 0 bridgehead atoms. The number of benzene rings is 1. The Balaban J connectivity index is 2.92. The Morgan fingerprint density at radius 3 is 2.28 bits per heavy atom. The van der Waals surface area contributed by atoms with Crippen LogP contribution in [0.1, 0.15) is 45.2 Å². The summed E-state index contributed by atoms with van der Waals surface area (Å²) in [6, 6.07) is 0.696. The fourth-order valence-electron chi connectivity index (χ4n) is 2.40. The number of rotatable bonds is 8. The standard InChI is InChI=1S/C17H22F2N2O4/c1-9(2)6-15(17(24)25)21-16(23)8-14(20-10(3)22)12-5-4-11(18)7-13(12)19/h4-5,7,9,14-15H,6,8H2,1-3H3,(H,20,22)(H,21,23)(H,24,25)/t14?,15-/m1/s1. The van der Waals surface area contributed by atoms with Crippen molar-refractivity contribution in [2.45, 2.75) is 45.7 Å². The van der Waals surface area contributed by atoms with Gasteiger partial charge in [-0.2, -0.15) is 0 Å². The number of carboxylic acid groups (broad SMARTS) is 1. The molecular weight excluding hydrogens is 334 g/mol. The maximum atomic E-state index is 13.9. The van der Waals surface area contributed by atoms with Gasteiger partial charge in [0, 0.05) is 18.6 Å². The lowest BCUT2D eigenvalue weighted by molar-refractivity contribution is -0.142. The van der Waals surface area contributed by atoms with E-state index in [4.69, 9.17) is 5.11 Å². The van der Waals surface area contributed by atoms with Gasteiger partial charge in [-0.25, -0.2) is 13.6 Å². The van der Waals surface area contributed by atoms with Crippen molar-refractivity contribution in [3.63, 3.8) is 0 Å². The second kappa shape index (κ2) is 9.10. The molecule has 0 aliphatic rings. The Hall–Kier alpha value is -2.51. The number of carboxylic acids is 1. The molecule has 8 heteroatoms. The van der Waals surface area contributed by atoms with E-state index in [1.54, 1.807) is 0 Å². The monoisotopic (exact) mass is 356 g/mol. The minimum absolute atomic E-state index is 0.0436. The summed E-state index contributed by atoms with van der Waals surface area (Å²) >= 11 is 0. The van der Waals surface area contributed by atoms with E-state index in [1.807, 2.05) is 13.8 Å². The molecule has 6 nitrogen and oxygen atoms in total. The van der Waals surface area contributed by atoms with Gasteiger partial charge in [0.05, 0.1) is 12.5 Å². The molecule has 0 saturated heterocycles. The zero-order valence-electron chi connectivity index (χ0n) is 14.3. The average Bonchev–Trinajstić information content (AvgIpc) is 2.44. The normalized spacial score (nSPS) is 13.2. The van der Waals surface area contributed by atoms with Crippen LogP contribution < -0.4 is 10.6 Å². The van der Waals surface area contributed by atoms with Gasteiger partial charge in [-0.1, -0.05) is 19.9 Å². The molecule has 2 amide bonds. The van der Waals surface area contributed by atoms with Crippen molar-refractivity contribution in [2.75, 3.05) is 0 Å². The summed E-state index contributed by atoms with van der Waals surface area (Å²) in [5.41, 5.74) is -0.0533. The van der Waals surface area contributed by atoms with Gasteiger partial charge in [-0.3, -0.25) is 9.59 Å². The van der Waals surface area contributed by atoms with Gasteiger partial charge in [-0.15, -0.1) is 0 Å². The molecule has 1 aromatic carbocycles. The summed E-state index contributed by atoms with van der Waals surface area (Å²) in [6.07, 6.45) is -0.138. The minimum atomic E-state index is -1.17. The first-order chi connectivity index (χ1) is 11.6. The Morgan fingerprint density at radius 2 is 1.80 bits per heavy atom. The number of amides is 2. The number of carbonyl (C=O) groups excluding carboxylic acids is 2. The second-order valence-electron chi connectivity index (χ2n) is 6.21. The molecule has 0 saturated carbocycles. The minimum Gasteiger partial charge on any atom is -0.480 e. The quantitative estimate of drug-likeness (QED) is 0.665. The zero-order valence-corrected chi connectivity index (χ0v) is 14.3. The molecule has 0 radical (unpaired) electrons. The highest BCUT2D eigenvalue weighted by atomic mass is 19.1. The van der Waals surface area contributed by atoms with E-state index in [9.17, 15) is 23.2 Å². The van der Waals surface area contributed by atoms with E-state index in [-0.39, 0.29) is 24.3 Å². The lowest BCUT2D eigenvalue weighted by Crippen LogP contribution is -2.43. The highest BCUT2D eigenvalue weighted by molar-refractivity contribution is 5.84. The van der Waals surface area contributed by atoms with Crippen molar-refractivity contribution in [3.05, 3.63) is 35.4 Å². The Morgan fingerprint density at radius 1 is 1.16 bits per heavy atom. The zero-order chi connectivity index (χ0) is 19.1. The predicted molar refractivity (Wildman–Crippen MR) is 86.6 cm³/mol. The molecule has 1 unspecified atom stereocenters. The van der Waals surface area contributed by atoms with Gasteiger partial charge < -0.3 is 15.7 Å². The number of hydrogen-bond acceptors (Lipinski definition) is 3. The molecular formula is C17H22F2N2O4. The predicted octanol–water partition coefficient (Wildman–Crippen LogP) is 2.15. The van der Waals surface area contributed by atoms with E-state index in [1.165, 1.54) is 6.92 Å². The van der Waals surface area contributed by atoms with Crippen molar-refractivity contribution >= 4 is 17.8 Å². The van der Waals surface area contributed by atoms with Gasteiger partial charge in [0.25, 0.3) is 0 Å². The maximum Gasteiger partial charge on any atom is 0.326 e. The fourth-order valence-corrected chi connectivity index (χ4v) is 2.40. The largest absolute Gasteiger partial charge is 0.480 e. The van der Waals surface area contributed by atoms with Crippen LogP contribution in [-0.4, -0.2) is 28.9 Å². The highest BCUT2D eigenvalue weighted by Crippen LogP contribution is 2.21. The smallest absolute Gasteiger partial charge is 0.326 e. The Labute approximate surface area is 144 Å². The van der Waals surface area contributed by atoms with Gasteiger partial charge in [0.2, 0.25) is 11.8 Å². The van der Waals surface area contributed by atoms with Gasteiger partial charge >= 0.3 is 5.97 Å². The summed E-state index contributed by atoms with van der Waals surface area (Å²) in [6.45, 7) is 4.83. The van der Waals surface area contributed by atoms with Crippen molar-refractivity contribution in [2.24, 2.45) is 5.92 Å². The van der Waals surface area contributed by atoms with Crippen LogP contribution in [0.2, 0.25) is 0 Å². The molecule has 138 valence electrons. The van der Waals surface area contributed by atoms with E-state index in [2.05, 4.69) is 10.6 Å². The van der Waals surface area contributed by atoms with E-state index in [0.717, 1.165) is 12.1 Å². The van der Waals surface area contributed by atoms with Crippen LogP contribution in [0, 0.1) is 17.6 Å². The van der Waals surface area contributed by atoms with Gasteiger partial charge in [0.1, 0.15) is 17.7 Å². The lowest BCUT2D eigenvalue weighted by atomic mass is 10.0. The Kier molecular flexibility index (Phi) is 7.47. The van der Waals surface area contributed by atoms with Gasteiger partial charge in [0.15, 0.2) is 0 Å². The fraction of sp³-hybridized carbons (Fsp3) is 0.471. The molecule has 0 fully saturated rings. The molecule has 2 atom stereocenters. The van der Waals surface area contributed by atoms with Crippen LogP contribution in [0.5, 0.6) is 0 Å². The average molecular weight is 356 g/mol. The first-order valence-electron chi connectivity index (χ1n) is 7.84. The molecule has 1 rings (SSSR count). The van der Waals surface area contributed by atoms with Crippen LogP contribution >= 0.6 is 0 Å². The van der Waals surface area contributed by atoms with Crippen molar-refractivity contribution < 1.29 is 28.3 Å². The topological polar surface area (TPSA) is 95.5 Å². The van der Waals surface area contributed by atoms with Crippen molar-refractivity contribution in [3.8, 4) is 0 Å². The molecule has 0 heterocycles. The van der Waals surface area contributed by atoms with E-state index in [0.29, 0.717) is 6.07 Å². The maximum absolute atomic E-state index is 13.9. The SMILES string of the molecule is CC(=O)NC(CC(=O)N[C@H](CC(C)C)C(=O)O)c1ccc(F)cc1F. The number of nitrogens with one attached hydrogen (secondary N) is 2. The first kappa shape index (κ1) is 20.5. The molecule has 0 aromatic heterocycles. The summed E-state index contributed by atoms with van der Waals surface area (Å²) in [4.78, 5) is 34.7.